The zero-order chi connectivity index (χ0) is 13.0. The fourth-order valence-corrected chi connectivity index (χ4v) is 1.96. The van der Waals surface area contributed by atoms with Crippen molar-refractivity contribution in [1.29, 1.82) is 0 Å². The first-order chi connectivity index (χ1) is 8.66. The molecule has 1 aromatic heterocycles. The van der Waals surface area contributed by atoms with Gasteiger partial charge in [-0.05, 0) is 35.7 Å². The zero-order valence-electron chi connectivity index (χ0n) is 11.3. The van der Waals surface area contributed by atoms with Gasteiger partial charge in [0.1, 0.15) is 0 Å². The molecule has 0 aliphatic carbocycles. The quantitative estimate of drug-likeness (QED) is 0.884. The SMILES string of the molecule is Cc1ccc(CNC(C)C)c(-c2ccncc2)c1. The average molecular weight is 240 g/mol. The second-order valence-corrected chi connectivity index (χ2v) is 4.93. The second-order valence-electron chi connectivity index (χ2n) is 4.93. The van der Waals surface area contributed by atoms with Crippen molar-refractivity contribution >= 4 is 0 Å². The number of aromatic nitrogens is 1. The second kappa shape index (κ2) is 5.78. The van der Waals surface area contributed by atoms with Gasteiger partial charge >= 0.3 is 0 Å². The molecule has 0 saturated carbocycles. The molecule has 2 nitrogen and oxygen atoms in total. The Morgan fingerprint density at radius 1 is 1.11 bits per heavy atom. The average Bonchev–Trinajstić information content (AvgIpc) is 2.38. The molecule has 0 amide bonds. The highest BCUT2D eigenvalue weighted by Gasteiger charge is 2.05. The van der Waals surface area contributed by atoms with E-state index in [9.17, 15) is 0 Å². The highest BCUT2D eigenvalue weighted by atomic mass is 14.9. The number of aryl methyl sites for hydroxylation is 1. The summed E-state index contributed by atoms with van der Waals surface area (Å²) in [5.41, 5.74) is 5.15. The van der Waals surface area contributed by atoms with Crippen LogP contribution in [-0.4, -0.2) is 11.0 Å². The first kappa shape index (κ1) is 12.8. The molecule has 1 N–H and O–H groups in total. The van der Waals surface area contributed by atoms with E-state index in [4.69, 9.17) is 0 Å². The number of nitrogens with one attached hydrogen (secondary N) is 1. The van der Waals surface area contributed by atoms with Gasteiger partial charge in [-0.15, -0.1) is 0 Å². The van der Waals surface area contributed by atoms with Gasteiger partial charge in [0.15, 0.2) is 0 Å². The van der Waals surface area contributed by atoms with Crippen molar-refractivity contribution in [2.75, 3.05) is 0 Å². The summed E-state index contributed by atoms with van der Waals surface area (Å²) in [6.07, 6.45) is 3.69. The summed E-state index contributed by atoms with van der Waals surface area (Å²) in [4.78, 5) is 4.08. The van der Waals surface area contributed by atoms with Crippen LogP contribution in [0.4, 0.5) is 0 Å². The monoisotopic (exact) mass is 240 g/mol. The van der Waals surface area contributed by atoms with Crippen molar-refractivity contribution in [3.05, 3.63) is 53.9 Å². The van der Waals surface area contributed by atoms with Gasteiger partial charge in [-0.2, -0.15) is 0 Å². The van der Waals surface area contributed by atoms with E-state index >= 15 is 0 Å². The standard InChI is InChI=1S/C16H20N2/c1-12(2)18-11-15-5-4-13(3)10-16(15)14-6-8-17-9-7-14/h4-10,12,18H,11H2,1-3H3. The molecular weight excluding hydrogens is 220 g/mol. The highest BCUT2D eigenvalue weighted by Crippen LogP contribution is 2.24. The number of rotatable bonds is 4. The van der Waals surface area contributed by atoms with Crippen molar-refractivity contribution in [3.8, 4) is 11.1 Å². The van der Waals surface area contributed by atoms with Crippen molar-refractivity contribution in [1.82, 2.24) is 10.3 Å². The molecule has 94 valence electrons. The predicted molar refractivity (Wildman–Crippen MR) is 76.4 cm³/mol. The maximum atomic E-state index is 4.08. The lowest BCUT2D eigenvalue weighted by Crippen LogP contribution is -2.22. The summed E-state index contributed by atoms with van der Waals surface area (Å²) in [7, 11) is 0. The highest BCUT2D eigenvalue weighted by molar-refractivity contribution is 5.67. The Kier molecular flexibility index (Phi) is 4.11. The first-order valence-corrected chi connectivity index (χ1v) is 6.40. The molecule has 2 heteroatoms. The molecule has 1 heterocycles. The number of hydrogen-bond donors (Lipinski definition) is 1. The molecule has 2 rings (SSSR count). The van der Waals surface area contributed by atoms with E-state index in [0.29, 0.717) is 6.04 Å². The van der Waals surface area contributed by atoms with Crippen molar-refractivity contribution in [3.63, 3.8) is 0 Å². The van der Waals surface area contributed by atoms with E-state index in [1.54, 1.807) is 0 Å². The predicted octanol–water partition coefficient (Wildman–Crippen LogP) is 3.56. The van der Waals surface area contributed by atoms with E-state index in [-0.39, 0.29) is 0 Å². The molecule has 2 aromatic rings. The third-order valence-corrected chi connectivity index (χ3v) is 2.96. The van der Waals surface area contributed by atoms with Crippen LogP contribution in [0.1, 0.15) is 25.0 Å². The summed E-state index contributed by atoms with van der Waals surface area (Å²) in [6, 6.07) is 11.2. The molecule has 0 saturated heterocycles. The van der Waals surface area contributed by atoms with Gasteiger partial charge < -0.3 is 5.32 Å². The van der Waals surface area contributed by atoms with Crippen LogP contribution in [-0.2, 0) is 6.54 Å². The molecule has 0 aliphatic heterocycles. The maximum Gasteiger partial charge on any atom is 0.0273 e. The van der Waals surface area contributed by atoms with Crippen LogP contribution in [0, 0.1) is 6.92 Å². The molecule has 0 bridgehead atoms. The molecule has 0 fully saturated rings. The molecule has 0 atom stereocenters. The Bertz CT molecular complexity index is 504. The Balaban J connectivity index is 2.35. The lowest BCUT2D eigenvalue weighted by atomic mass is 9.98. The first-order valence-electron chi connectivity index (χ1n) is 6.40. The minimum Gasteiger partial charge on any atom is -0.310 e. The molecule has 0 spiro atoms. The van der Waals surface area contributed by atoms with Gasteiger partial charge in [0.25, 0.3) is 0 Å². The van der Waals surface area contributed by atoms with Crippen LogP contribution in [0.15, 0.2) is 42.7 Å². The summed E-state index contributed by atoms with van der Waals surface area (Å²) in [6.45, 7) is 7.36. The van der Waals surface area contributed by atoms with Crippen LogP contribution in [0.2, 0.25) is 0 Å². The van der Waals surface area contributed by atoms with Crippen LogP contribution >= 0.6 is 0 Å². The minimum atomic E-state index is 0.497. The lowest BCUT2D eigenvalue weighted by Gasteiger charge is -2.13. The molecule has 0 radical (unpaired) electrons. The normalized spacial score (nSPS) is 10.9. The largest absolute Gasteiger partial charge is 0.310 e. The van der Waals surface area contributed by atoms with Crippen LogP contribution < -0.4 is 5.32 Å². The van der Waals surface area contributed by atoms with Crippen LogP contribution in [0.3, 0.4) is 0 Å². The third-order valence-electron chi connectivity index (χ3n) is 2.96. The third kappa shape index (κ3) is 3.17. The van der Waals surface area contributed by atoms with Gasteiger partial charge in [-0.25, -0.2) is 0 Å². The Labute approximate surface area is 109 Å². The van der Waals surface area contributed by atoms with Gasteiger partial charge in [-0.1, -0.05) is 37.6 Å². The molecule has 18 heavy (non-hydrogen) atoms. The van der Waals surface area contributed by atoms with Gasteiger partial charge in [-0.3, -0.25) is 4.98 Å². The summed E-state index contributed by atoms with van der Waals surface area (Å²) in [5, 5.41) is 3.48. The minimum absolute atomic E-state index is 0.497. The van der Waals surface area contributed by atoms with E-state index in [0.717, 1.165) is 6.54 Å². The smallest absolute Gasteiger partial charge is 0.0273 e. The molecular formula is C16H20N2. The Hall–Kier alpha value is -1.67. The topological polar surface area (TPSA) is 24.9 Å². The van der Waals surface area contributed by atoms with Gasteiger partial charge in [0, 0.05) is 25.0 Å². The fraction of sp³-hybridized carbons (Fsp3) is 0.312. The summed E-state index contributed by atoms with van der Waals surface area (Å²) in [5.74, 6) is 0. The van der Waals surface area contributed by atoms with Crippen LogP contribution in [0.25, 0.3) is 11.1 Å². The number of nitrogens with zero attached hydrogens (tertiary/aromatic N) is 1. The van der Waals surface area contributed by atoms with Crippen molar-refractivity contribution in [2.24, 2.45) is 0 Å². The number of pyridine rings is 1. The fourth-order valence-electron chi connectivity index (χ4n) is 1.96. The van der Waals surface area contributed by atoms with E-state index < -0.39 is 0 Å². The molecule has 1 aromatic carbocycles. The lowest BCUT2D eigenvalue weighted by molar-refractivity contribution is 0.589. The number of hydrogen-bond acceptors (Lipinski definition) is 2. The Morgan fingerprint density at radius 3 is 2.50 bits per heavy atom. The summed E-state index contributed by atoms with van der Waals surface area (Å²) < 4.78 is 0. The van der Waals surface area contributed by atoms with Gasteiger partial charge in [0.05, 0.1) is 0 Å². The Morgan fingerprint density at radius 2 is 1.83 bits per heavy atom. The van der Waals surface area contributed by atoms with E-state index in [1.807, 2.05) is 12.4 Å². The zero-order valence-corrected chi connectivity index (χ0v) is 11.3. The molecule has 0 unspecified atom stereocenters. The van der Waals surface area contributed by atoms with Crippen molar-refractivity contribution < 1.29 is 0 Å². The summed E-state index contributed by atoms with van der Waals surface area (Å²) >= 11 is 0. The maximum absolute atomic E-state index is 4.08. The van der Waals surface area contributed by atoms with E-state index in [1.165, 1.54) is 22.3 Å². The van der Waals surface area contributed by atoms with Crippen LogP contribution in [0.5, 0.6) is 0 Å². The van der Waals surface area contributed by atoms with Gasteiger partial charge in [0.2, 0.25) is 0 Å². The van der Waals surface area contributed by atoms with E-state index in [2.05, 4.69) is 61.4 Å². The van der Waals surface area contributed by atoms with Crippen molar-refractivity contribution in [2.45, 2.75) is 33.4 Å². The number of benzene rings is 1. The molecule has 0 aliphatic rings.